The number of hydrogen-bond acceptors (Lipinski definition) is 4. The van der Waals surface area contributed by atoms with Gasteiger partial charge in [0.05, 0.1) is 18.7 Å². The molecule has 4 nitrogen and oxygen atoms in total. The Labute approximate surface area is 132 Å². The summed E-state index contributed by atoms with van der Waals surface area (Å²) in [4.78, 5) is 6.89. The van der Waals surface area contributed by atoms with Crippen LogP contribution < -0.4 is 4.90 Å². The van der Waals surface area contributed by atoms with Crippen LogP contribution in [0.4, 0.5) is 5.69 Å². The second-order valence-electron chi connectivity index (χ2n) is 5.75. The van der Waals surface area contributed by atoms with Crippen molar-refractivity contribution in [3.8, 4) is 0 Å². The number of aromatic nitrogens is 1. The number of hydrogen-bond donors (Lipinski definition) is 0. The van der Waals surface area contributed by atoms with Gasteiger partial charge in [-0.1, -0.05) is 15.9 Å². The van der Waals surface area contributed by atoms with Crippen LogP contribution in [0.25, 0.3) is 10.9 Å². The Kier molecular flexibility index (Phi) is 3.36. The number of halogens is 1. The van der Waals surface area contributed by atoms with E-state index in [1.165, 1.54) is 11.1 Å². The molecule has 110 valence electrons. The van der Waals surface area contributed by atoms with Crippen molar-refractivity contribution in [3.05, 3.63) is 34.9 Å². The zero-order valence-corrected chi connectivity index (χ0v) is 13.3. The fourth-order valence-electron chi connectivity index (χ4n) is 3.26. The van der Waals surface area contributed by atoms with Crippen molar-refractivity contribution < 1.29 is 9.47 Å². The molecule has 0 saturated carbocycles. The van der Waals surface area contributed by atoms with Gasteiger partial charge in [-0.2, -0.15) is 0 Å². The van der Waals surface area contributed by atoms with Crippen molar-refractivity contribution in [2.75, 3.05) is 37.8 Å². The van der Waals surface area contributed by atoms with E-state index in [0.29, 0.717) is 6.61 Å². The van der Waals surface area contributed by atoms with E-state index in [-0.39, 0.29) is 5.60 Å². The van der Waals surface area contributed by atoms with Gasteiger partial charge in [0.2, 0.25) is 0 Å². The second-order valence-corrected chi connectivity index (χ2v) is 6.66. The lowest BCUT2D eigenvalue weighted by atomic mass is 10.00. The summed E-state index contributed by atoms with van der Waals surface area (Å²) in [6.45, 7) is 4.07. The fourth-order valence-corrected chi connectivity index (χ4v) is 3.61. The van der Waals surface area contributed by atoms with E-state index < -0.39 is 0 Å². The van der Waals surface area contributed by atoms with Gasteiger partial charge in [0.15, 0.2) is 0 Å². The maximum atomic E-state index is 6.02. The van der Waals surface area contributed by atoms with Gasteiger partial charge in [0.1, 0.15) is 5.60 Å². The molecule has 0 N–H and O–H groups in total. The van der Waals surface area contributed by atoms with E-state index in [4.69, 9.17) is 9.47 Å². The standard InChI is InChI=1S/C16H17BrN2O2/c17-12-1-2-13-14(9-12)18-5-3-15(13)19-6-8-21-16(10-19)4-7-20-11-16/h1-3,5,9H,4,6-8,10-11H2. The van der Waals surface area contributed by atoms with Crippen LogP contribution in [0.15, 0.2) is 34.9 Å². The normalized spacial score (nSPS) is 25.9. The molecule has 2 saturated heterocycles. The van der Waals surface area contributed by atoms with Crippen LogP contribution in [-0.2, 0) is 9.47 Å². The van der Waals surface area contributed by atoms with Gasteiger partial charge in [-0.15, -0.1) is 0 Å². The molecule has 2 aliphatic heterocycles. The van der Waals surface area contributed by atoms with E-state index in [0.717, 1.165) is 42.7 Å². The van der Waals surface area contributed by atoms with Crippen LogP contribution in [0, 0.1) is 0 Å². The first kappa shape index (κ1) is 13.5. The van der Waals surface area contributed by atoms with Gasteiger partial charge in [0.25, 0.3) is 0 Å². The second kappa shape index (κ2) is 5.23. The summed E-state index contributed by atoms with van der Waals surface area (Å²) in [6.07, 6.45) is 2.87. The Morgan fingerprint density at radius 2 is 2.19 bits per heavy atom. The molecule has 3 heterocycles. The highest BCUT2D eigenvalue weighted by Gasteiger charge is 2.40. The molecule has 5 heteroatoms. The molecule has 0 radical (unpaired) electrons. The Hall–Kier alpha value is -1.17. The van der Waals surface area contributed by atoms with Crippen LogP contribution in [-0.4, -0.2) is 43.5 Å². The number of anilines is 1. The quantitative estimate of drug-likeness (QED) is 0.793. The van der Waals surface area contributed by atoms with E-state index in [1.54, 1.807) is 0 Å². The van der Waals surface area contributed by atoms with E-state index in [1.807, 2.05) is 6.20 Å². The molecule has 1 unspecified atom stereocenters. The molecular formula is C16H17BrN2O2. The average Bonchev–Trinajstić information content (AvgIpc) is 2.94. The van der Waals surface area contributed by atoms with Gasteiger partial charge in [0, 0.05) is 47.9 Å². The average molecular weight is 349 g/mol. The highest BCUT2D eigenvalue weighted by Crippen LogP contribution is 2.33. The maximum absolute atomic E-state index is 6.02. The molecule has 1 aromatic carbocycles. The lowest BCUT2D eigenvalue weighted by Crippen LogP contribution is -2.52. The van der Waals surface area contributed by atoms with Crippen molar-refractivity contribution in [2.24, 2.45) is 0 Å². The molecule has 2 aliphatic rings. The first-order chi connectivity index (χ1) is 10.3. The number of rotatable bonds is 1. The minimum absolute atomic E-state index is 0.122. The van der Waals surface area contributed by atoms with Gasteiger partial charge in [-0.05, 0) is 24.3 Å². The molecule has 2 aromatic rings. The molecule has 1 aromatic heterocycles. The topological polar surface area (TPSA) is 34.6 Å². The van der Waals surface area contributed by atoms with Crippen LogP contribution in [0.5, 0.6) is 0 Å². The summed E-state index contributed by atoms with van der Waals surface area (Å²) in [6, 6.07) is 8.37. The predicted molar refractivity (Wildman–Crippen MR) is 85.8 cm³/mol. The minimum atomic E-state index is -0.122. The van der Waals surface area contributed by atoms with Crippen LogP contribution in [0.1, 0.15) is 6.42 Å². The molecule has 1 spiro atoms. The van der Waals surface area contributed by atoms with Crippen LogP contribution >= 0.6 is 15.9 Å². The van der Waals surface area contributed by atoms with Crippen molar-refractivity contribution in [2.45, 2.75) is 12.0 Å². The third-order valence-electron chi connectivity index (χ3n) is 4.34. The monoisotopic (exact) mass is 348 g/mol. The van der Waals surface area contributed by atoms with Crippen LogP contribution in [0.3, 0.4) is 0 Å². The summed E-state index contributed by atoms with van der Waals surface area (Å²) < 4.78 is 12.6. The Bertz CT molecular complexity index is 670. The Morgan fingerprint density at radius 3 is 3.05 bits per heavy atom. The number of pyridine rings is 1. The summed E-state index contributed by atoms with van der Waals surface area (Å²) in [7, 11) is 0. The first-order valence-electron chi connectivity index (χ1n) is 7.27. The van der Waals surface area contributed by atoms with Crippen molar-refractivity contribution >= 4 is 32.5 Å². The lowest BCUT2D eigenvalue weighted by molar-refractivity contribution is -0.0578. The summed E-state index contributed by atoms with van der Waals surface area (Å²) in [5.41, 5.74) is 2.13. The van der Waals surface area contributed by atoms with E-state index in [9.17, 15) is 0 Å². The number of benzene rings is 1. The zero-order chi connectivity index (χ0) is 14.3. The number of nitrogens with zero attached hydrogens (tertiary/aromatic N) is 2. The SMILES string of the molecule is Brc1ccc2c(N3CCOC4(CCOC4)C3)ccnc2c1. The molecule has 2 fully saturated rings. The third-order valence-corrected chi connectivity index (χ3v) is 4.83. The predicted octanol–water partition coefficient (Wildman–Crippen LogP) is 2.99. The zero-order valence-electron chi connectivity index (χ0n) is 11.7. The highest BCUT2D eigenvalue weighted by atomic mass is 79.9. The number of morpholine rings is 1. The van der Waals surface area contributed by atoms with E-state index >= 15 is 0 Å². The molecule has 0 aliphatic carbocycles. The molecule has 1 atom stereocenters. The Morgan fingerprint density at radius 1 is 1.24 bits per heavy atom. The van der Waals surface area contributed by atoms with Gasteiger partial charge in [-0.25, -0.2) is 0 Å². The van der Waals surface area contributed by atoms with Gasteiger partial charge < -0.3 is 14.4 Å². The third kappa shape index (κ3) is 2.43. The maximum Gasteiger partial charge on any atom is 0.111 e. The highest BCUT2D eigenvalue weighted by molar-refractivity contribution is 9.10. The largest absolute Gasteiger partial charge is 0.378 e. The molecule has 21 heavy (non-hydrogen) atoms. The minimum Gasteiger partial charge on any atom is -0.378 e. The molecule has 0 amide bonds. The molecule has 4 rings (SSSR count). The first-order valence-corrected chi connectivity index (χ1v) is 8.06. The van der Waals surface area contributed by atoms with Crippen molar-refractivity contribution in [3.63, 3.8) is 0 Å². The Balaban J connectivity index is 1.72. The van der Waals surface area contributed by atoms with Crippen molar-refractivity contribution in [1.82, 2.24) is 4.98 Å². The smallest absolute Gasteiger partial charge is 0.111 e. The summed E-state index contributed by atoms with van der Waals surface area (Å²) >= 11 is 3.51. The van der Waals surface area contributed by atoms with Crippen molar-refractivity contribution in [1.29, 1.82) is 0 Å². The van der Waals surface area contributed by atoms with Crippen LogP contribution in [0.2, 0.25) is 0 Å². The van der Waals surface area contributed by atoms with Gasteiger partial charge in [-0.3, -0.25) is 4.98 Å². The number of ether oxygens (including phenoxy) is 2. The van der Waals surface area contributed by atoms with E-state index in [2.05, 4.69) is 50.1 Å². The summed E-state index contributed by atoms with van der Waals surface area (Å²) in [5, 5.41) is 1.19. The fraction of sp³-hybridized carbons (Fsp3) is 0.438. The summed E-state index contributed by atoms with van der Waals surface area (Å²) in [5.74, 6) is 0. The number of fused-ring (bicyclic) bond motifs is 1. The van der Waals surface area contributed by atoms with Gasteiger partial charge >= 0.3 is 0 Å². The lowest BCUT2D eigenvalue weighted by Gasteiger charge is -2.41. The molecule has 0 bridgehead atoms. The molecular weight excluding hydrogens is 332 g/mol.